The van der Waals surface area contributed by atoms with Gasteiger partial charge in [-0.15, -0.1) is 5.10 Å². The summed E-state index contributed by atoms with van der Waals surface area (Å²) < 4.78 is 4.88. The quantitative estimate of drug-likeness (QED) is 0.493. The zero-order valence-electron chi connectivity index (χ0n) is 15.7. The molecule has 2 aromatic heterocycles. The van der Waals surface area contributed by atoms with Crippen LogP contribution in [-0.2, 0) is 16.0 Å². The highest BCUT2D eigenvalue weighted by atomic mass is 16.5. The van der Waals surface area contributed by atoms with Crippen molar-refractivity contribution in [3.63, 3.8) is 0 Å². The first-order valence-electron chi connectivity index (χ1n) is 9.07. The number of amides is 1. The van der Waals surface area contributed by atoms with Gasteiger partial charge in [0.25, 0.3) is 5.91 Å². The van der Waals surface area contributed by atoms with Crippen molar-refractivity contribution in [2.45, 2.75) is 12.5 Å². The highest BCUT2D eigenvalue weighted by molar-refractivity contribution is 5.95. The van der Waals surface area contributed by atoms with Gasteiger partial charge in [0.1, 0.15) is 6.04 Å². The first-order valence-corrected chi connectivity index (χ1v) is 9.07. The molecule has 0 bridgehead atoms. The van der Waals surface area contributed by atoms with Crippen LogP contribution in [0.5, 0.6) is 0 Å². The molecule has 1 unspecified atom stereocenters. The van der Waals surface area contributed by atoms with Crippen molar-refractivity contribution in [2.75, 3.05) is 7.11 Å². The molecule has 0 saturated carbocycles. The van der Waals surface area contributed by atoms with E-state index in [1.807, 2.05) is 60.8 Å². The predicted molar refractivity (Wildman–Crippen MR) is 107 cm³/mol. The van der Waals surface area contributed by atoms with E-state index in [1.54, 1.807) is 0 Å². The average molecular weight is 389 g/mol. The minimum absolute atomic E-state index is 0.113. The van der Waals surface area contributed by atoms with Crippen molar-refractivity contribution in [1.29, 1.82) is 0 Å². The summed E-state index contributed by atoms with van der Waals surface area (Å²) in [6, 6.07) is 16.2. The lowest BCUT2D eigenvalue weighted by Crippen LogP contribution is -2.43. The van der Waals surface area contributed by atoms with Crippen LogP contribution in [0.4, 0.5) is 0 Å². The number of ether oxygens (including phenoxy) is 1. The molecule has 2 heterocycles. The lowest BCUT2D eigenvalue weighted by molar-refractivity contribution is -0.142. The number of nitrogens with zero attached hydrogens (tertiary/aromatic N) is 3. The number of H-pyrrole nitrogens is 1. The van der Waals surface area contributed by atoms with Crippen LogP contribution in [-0.4, -0.2) is 45.0 Å². The van der Waals surface area contributed by atoms with Gasteiger partial charge in [-0.2, -0.15) is 9.90 Å². The van der Waals surface area contributed by atoms with E-state index in [2.05, 4.69) is 20.5 Å². The number of esters is 1. The number of benzene rings is 2. The number of rotatable bonds is 6. The van der Waals surface area contributed by atoms with E-state index in [-0.39, 0.29) is 12.1 Å². The number of carbonyl (C=O) groups is 2. The first-order chi connectivity index (χ1) is 14.2. The molecule has 1 atom stereocenters. The zero-order chi connectivity index (χ0) is 20.2. The summed E-state index contributed by atoms with van der Waals surface area (Å²) in [4.78, 5) is 29.5. The Labute approximate surface area is 166 Å². The lowest BCUT2D eigenvalue weighted by Gasteiger charge is -2.15. The molecule has 0 radical (unpaired) electrons. The van der Waals surface area contributed by atoms with Crippen LogP contribution in [0.3, 0.4) is 0 Å². The third-order valence-corrected chi connectivity index (χ3v) is 4.60. The molecule has 29 heavy (non-hydrogen) atoms. The summed E-state index contributed by atoms with van der Waals surface area (Å²) in [7, 11) is 1.29. The Hall–Kier alpha value is -3.94. The molecule has 0 saturated heterocycles. The first kappa shape index (κ1) is 18.4. The Morgan fingerprint density at radius 3 is 2.69 bits per heavy atom. The molecule has 0 spiro atoms. The van der Waals surface area contributed by atoms with Crippen molar-refractivity contribution in [1.82, 2.24) is 25.3 Å². The predicted octanol–water partition coefficient (Wildman–Crippen LogP) is 2.26. The van der Waals surface area contributed by atoms with E-state index in [0.29, 0.717) is 0 Å². The monoisotopic (exact) mass is 389 g/mol. The highest BCUT2D eigenvalue weighted by Gasteiger charge is 2.25. The van der Waals surface area contributed by atoms with Gasteiger partial charge >= 0.3 is 5.97 Å². The van der Waals surface area contributed by atoms with E-state index in [4.69, 9.17) is 4.74 Å². The van der Waals surface area contributed by atoms with Gasteiger partial charge in [-0.3, -0.25) is 4.79 Å². The zero-order valence-corrected chi connectivity index (χ0v) is 15.7. The topological polar surface area (TPSA) is 102 Å². The molecule has 8 heteroatoms. The largest absolute Gasteiger partial charge is 0.467 e. The van der Waals surface area contributed by atoms with E-state index >= 15 is 0 Å². The van der Waals surface area contributed by atoms with Crippen molar-refractivity contribution in [3.05, 3.63) is 78.2 Å². The van der Waals surface area contributed by atoms with Crippen LogP contribution in [0.15, 0.2) is 67.0 Å². The van der Waals surface area contributed by atoms with Crippen LogP contribution in [0.25, 0.3) is 16.6 Å². The van der Waals surface area contributed by atoms with Gasteiger partial charge in [-0.1, -0.05) is 36.4 Å². The normalized spacial score (nSPS) is 11.9. The molecule has 0 fully saturated rings. The van der Waals surface area contributed by atoms with Gasteiger partial charge in [0.15, 0.2) is 5.69 Å². The third-order valence-electron chi connectivity index (χ3n) is 4.60. The van der Waals surface area contributed by atoms with Gasteiger partial charge in [-0.05, 0) is 23.8 Å². The van der Waals surface area contributed by atoms with Crippen molar-refractivity contribution >= 4 is 22.8 Å². The molecule has 0 aliphatic heterocycles. The summed E-state index contributed by atoms with van der Waals surface area (Å²) in [6.45, 7) is 0. The number of carbonyl (C=O) groups excluding carboxylic acids is 2. The van der Waals surface area contributed by atoms with E-state index in [9.17, 15) is 9.59 Å². The van der Waals surface area contributed by atoms with Crippen molar-refractivity contribution in [3.8, 4) is 5.69 Å². The van der Waals surface area contributed by atoms with Crippen LogP contribution >= 0.6 is 0 Å². The molecule has 2 aromatic carbocycles. The minimum atomic E-state index is -0.853. The molecule has 146 valence electrons. The van der Waals surface area contributed by atoms with Gasteiger partial charge in [-0.25, -0.2) is 4.79 Å². The van der Waals surface area contributed by atoms with Gasteiger partial charge in [0.2, 0.25) is 0 Å². The second-order valence-electron chi connectivity index (χ2n) is 6.47. The molecule has 4 aromatic rings. The summed E-state index contributed by atoms with van der Waals surface area (Å²) in [5.74, 6) is -1.03. The fourth-order valence-corrected chi connectivity index (χ4v) is 3.14. The van der Waals surface area contributed by atoms with Crippen LogP contribution < -0.4 is 5.32 Å². The fourth-order valence-electron chi connectivity index (χ4n) is 3.14. The number of aromatic amines is 1. The third kappa shape index (κ3) is 3.86. The van der Waals surface area contributed by atoms with Gasteiger partial charge in [0, 0.05) is 23.5 Å². The second-order valence-corrected chi connectivity index (χ2v) is 6.47. The van der Waals surface area contributed by atoms with Crippen LogP contribution in [0.1, 0.15) is 16.1 Å². The highest BCUT2D eigenvalue weighted by Crippen LogP contribution is 2.19. The molecule has 2 N–H and O–H groups in total. The molecule has 4 rings (SSSR count). The Balaban J connectivity index is 1.53. The Morgan fingerprint density at radius 2 is 1.90 bits per heavy atom. The van der Waals surface area contributed by atoms with Crippen molar-refractivity contribution in [2.24, 2.45) is 0 Å². The number of hydrogen-bond acceptors (Lipinski definition) is 5. The number of aromatic nitrogens is 4. The average Bonchev–Trinajstić information content (AvgIpc) is 3.41. The lowest BCUT2D eigenvalue weighted by atomic mass is 10.0. The molecule has 1 amide bonds. The minimum Gasteiger partial charge on any atom is -0.467 e. The SMILES string of the molecule is COC(=O)C(Cc1c[nH]c2ccccc12)NC(=O)c1cnn(-c2ccccc2)n1. The molecular weight excluding hydrogens is 370 g/mol. The van der Waals surface area contributed by atoms with Gasteiger partial charge < -0.3 is 15.0 Å². The second kappa shape index (κ2) is 7.97. The van der Waals surface area contributed by atoms with Crippen molar-refractivity contribution < 1.29 is 14.3 Å². The summed E-state index contributed by atoms with van der Waals surface area (Å²) in [6.07, 6.45) is 3.48. The molecule has 0 aliphatic rings. The molecule has 8 nitrogen and oxygen atoms in total. The summed E-state index contributed by atoms with van der Waals surface area (Å²) in [5.41, 5.74) is 2.71. The Bertz CT molecular complexity index is 1150. The van der Waals surface area contributed by atoms with Gasteiger partial charge in [0.05, 0.1) is 19.0 Å². The van der Waals surface area contributed by atoms with E-state index in [1.165, 1.54) is 18.1 Å². The Kier molecular flexibility index (Phi) is 5.07. The van der Waals surface area contributed by atoms with E-state index < -0.39 is 17.9 Å². The number of fused-ring (bicyclic) bond motifs is 1. The number of nitrogens with one attached hydrogen (secondary N) is 2. The molecular formula is C21H19N5O3. The summed E-state index contributed by atoms with van der Waals surface area (Å²) in [5, 5.41) is 12.0. The van der Waals surface area contributed by atoms with E-state index in [0.717, 1.165) is 22.2 Å². The Morgan fingerprint density at radius 1 is 1.14 bits per heavy atom. The molecule has 0 aliphatic carbocycles. The maximum Gasteiger partial charge on any atom is 0.328 e. The smallest absolute Gasteiger partial charge is 0.328 e. The maximum absolute atomic E-state index is 12.7. The van der Waals surface area contributed by atoms with Crippen LogP contribution in [0.2, 0.25) is 0 Å². The number of para-hydroxylation sites is 2. The summed E-state index contributed by atoms with van der Waals surface area (Å²) >= 11 is 0. The number of hydrogen-bond donors (Lipinski definition) is 2. The van der Waals surface area contributed by atoms with Crippen LogP contribution in [0, 0.1) is 0 Å². The standard InChI is InChI=1S/C21H19N5O3/c1-29-21(28)18(11-14-12-22-17-10-6-5-9-16(14)17)24-20(27)19-13-23-26(25-19)15-7-3-2-4-8-15/h2-10,12-13,18,22H,11H2,1H3,(H,24,27). The number of methoxy groups -OCH3 is 1. The maximum atomic E-state index is 12.7. The fraction of sp³-hybridized carbons (Fsp3) is 0.143.